The molecular weight excluding hydrogens is 342 g/mol. The molecule has 7 nitrogen and oxygen atoms in total. The first-order valence-electron chi connectivity index (χ1n) is 9.11. The van der Waals surface area contributed by atoms with Gasteiger partial charge in [0.2, 0.25) is 10.0 Å². The van der Waals surface area contributed by atoms with Crippen molar-refractivity contribution in [1.29, 1.82) is 0 Å². The highest BCUT2D eigenvalue weighted by Gasteiger charge is 2.35. The van der Waals surface area contributed by atoms with Gasteiger partial charge < -0.3 is 14.6 Å². The van der Waals surface area contributed by atoms with Crippen LogP contribution in [0.4, 0.5) is 0 Å². The Labute approximate surface area is 148 Å². The zero-order valence-corrected chi connectivity index (χ0v) is 15.3. The maximum absolute atomic E-state index is 12.8. The number of aryl methyl sites for hydroxylation is 1. The molecule has 138 valence electrons. The first-order chi connectivity index (χ1) is 11.9. The SMILES string of the molecule is Cc1oc(C(=O)N2CCC3CCC(C2)N3)cc1S(=O)(=O)N1CCCC1. The number of furan rings is 1. The third-order valence-electron chi connectivity index (χ3n) is 5.58. The second-order valence-corrected chi connectivity index (χ2v) is 9.23. The van der Waals surface area contributed by atoms with Crippen LogP contribution in [0.1, 0.15) is 48.4 Å². The van der Waals surface area contributed by atoms with Crippen molar-refractivity contribution in [3.05, 3.63) is 17.6 Å². The van der Waals surface area contributed by atoms with E-state index in [-0.39, 0.29) is 16.6 Å². The molecule has 1 N–H and O–H groups in total. The predicted octanol–water partition coefficient (Wildman–Crippen LogP) is 1.34. The Morgan fingerprint density at radius 2 is 1.88 bits per heavy atom. The molecule has 1 amide bonds. The summed E-state index contributed by atoms with van der Waals surface area (Å²) in [6, 6.07) is 2.24. The van der Waals surface area contributed by atoms with Crippen molar-refractivity contribution in [1.82, 2.24) is 14.5 Å². The minimum atomic E-state index is -3.57. The fraction of sp³-hybridized carbons (Fsp3) is 0.706. The number of likely N-dealkylation sites (tertiary alicyclic amines) is 1. The zero-order valence-electron chi connectivity index (χ0n) is 14.5. The lowest BCUT2D eigenvalue weighted by atomic mass is 10.1. The fourth-order valence-corrected chi connectivity index (χ4v) is 5.86. The predicted molar refractivity (Wildman–Crippen MR) is 91.9 cm³/mol. The van der Waals surface area contributed by atoms with Crippen LogP contribution in [0.25, 0.3) is 0 Å². The third-order valence-corrected chi connectivity index (χ3v) is 7.58. The number of hydrogen-bond donors (Lipinski definition) is 1. The Morgan fingerprint density at radius 3 is 2.64 bits per heavy atom. The number of carbonyl (C=O) groups is 1. The smallest absolute Gasteiger partial charge is 0.289 e. The molecule has 2 unspecified atom stereocenters. The van der Waals surface area contributed by atoms with E-state index in [0.29, 0.717) is 44.0 Å². The summed E-state index contributed by atoms with van der Waals surface area (Å²) < 4.78 is 32.6. The number of hydrogen-bond acceptors (Lipinski definition) is 5. The topological polar surface area (TPSA) is 82.9 Å². The lowest BCUT2D eigenvalue weighted by Crippen LogP contribution is -2.38. The molecule has 3 aliphatic heterocycles. The van der Waals surface area contributed by atoms with Gasteiger partial charge in [-0.2, -0.15) is 4.31 Å². The summed E-state index contributed by atoms with van der Waals surface area (Å²) in [5.41, 5.74) is 0. The minimum absolute atomic E-state index is 0.132. The molecule has 2 bridgehead atoms. The van der Waals surface area contributed by atoms with Gasteiger partial charge in [-0.15, -0.1) is 0 Å². The number of fused-ring (bicyclic) bond motifs is 2. The van der Waals surface area contributed by atoms with Gasteiger partial charge in [0.15, 0.2) is 5.76 Å². The highest BCUT2D eigenvalue weighted by molar-refractivity contribution is 7.89. The summed E-state index contributed by atoms with van der Waals surface area (Å²) in [6.45, 7) is 4.03. The maximum atomic E-state index is 12.8. The van der Waals surface area contributed by atoms with Gasteiger partial charge >= 0.3 is 0 Å². The molecular formula is C17H25N3O4S. The van der Waals surface area contributed by atoms with Crippen LogP contribution in [-0.4, -0.2) is 61.8 Å². The van der Waals surface area contributed by atoms with Crippen LogP contribution in [0.15, 0.2) is 15.4 Å². The van der Waals surface area contributed by atoms with Gasteiger partial charge in [0, 0.05) is 44.3 Å². The summed E-state index contributed by atoms with van der Waals surface area (Å²) in [7, 11) is -3.57. The van der Waals surface area contributed by atoms with Gasteiger partial charge in [0.1, 0.15) is 10.7 Å². The lowest BCUT2D eigenvalue weighted by molar-refractivity contribution is 0.0714. The second-order valence-electron chi connectivity index (χ2n) is 7.32. The molecule has 0 aromatic carbocycles. The highest BCUT2D eigenvalue weighted by Crippen LogP contribution is 2.28. The van der Waals surface area contributed by atoms with E-state index in [4.69, 9.17) is 4.42 Å². The van der Waals surface area contributed by atoms with Gasteiger partial charge in [-0.1, -0.05) is 0 Å². The summed E-state index contributed by atoms with van der Waals surface area (Å²) >= 11 is 0. The molecule has 1 aromatic heterocycles. The molecule has 0 aliphatic carbocycles. The van der Waals surface area contributed by atoms with Gasteiger partial charge in [-0.25, -0.2) is 8.42 Å². The van der Waals surface area contributed by atoms with E-state index in [1.807, 2.05) is 0 Å². The van der Waals surface area contributed by atoms with Crippen LogP contribution in [0, 0.1) is 6.92 Å². The molecule has 0 radical (unpaired) electrons. The lowest BCUT2D eigenvalue weighted by Gasteiger charge is -2.23. The average molecular weight is 367 g/mol. The van der Waals surface area contributed by atoms with Gasteiger partial charge in [-0.3, -0.25) is 4.79 Å². The van der Waals surface area contributed by atoms with Crippen molar-refractivity contribution >= 4 is 15.9 Å². The van der Waals surface area contributed by atoms with Crippen molar-refractivity contribution in [2.24, 2.45) is 0 Å². The van der Waals surface area contributed by atoms with Crippen LogP contribution in [0.3, 0.4) is 0 Å². The highest BCUT2D eigenvalue weighted by atomic mass is 32.2. The molecule has 1 aromatic rings. The van der Waals surface area contributed by atoms with Crippen LogP contribution in [0.5, 0.6) is 0 Å². The normalized spacial score (nSPS) is 27.6. The molecule has 3 aliphatic rings. The van der Waals surface area contributed by atoms with E-state index in [0.717, 1.165) is 25.7 Å². The number of amides is 1. The van der Waals surface area contributed by atoms with Crippen molar-refractivity contribution < 1.29 is 17.6 Å². The molecule has 4 rings (SSSR count). The molecule has 3 fully saturated rings. The van der Waals surface area contributed by atoms with E-state index < -0.39 is 10.0 Å². The summed E-state index contributed by atoms with van der Waals surface area (Å²) in [5.74, 6) is 0.220. The van der Waals surface area contributed by atoms with Gasteiger partial charge in [0.05, 0.1) is 0 Å². The number of nitrogens with one attached hydrogen (secondary N) is 1. The summed E-state index contributed by atoms with van der Waals surface area (Å²) in [4.78, 5) is 14.8. The van der Waals surface area contributed by atoms with Crippen LogP contribution < -0.4 is 5.32 Å². The molecule has 4 heterocycles. The largest absolute Gasteiger partial charge is 0.455 e. The first kappa shape index (κ1) is 17.1. The van der Waals surface area contributed by atoms with E-state index in [1.165, 1.54) is 16.8 Å². The number of nitrogens with zero attached hydrogens (tertiary/aromatic N) is 2. The molecule has 8 heteroatoms. The number of sulfonamides is 1. The van der Waals surface area contributed by atoms with Gasteiger partial charge in [0.25, 0.3) is 5.91 Å². The Hall–Kier alpha value is -1.38. The molecule has 0 saturated carbocycles. The number of rotatable bonds is 3. The molecule has 0 spiro atoms. The average Bonchev–Trinajstić information content (AvgIpc) is 3.27. The van der Waals surface area contributed by atoms with Crippen molar-refractivity contribution in [2.45, 2.75) is 56.0 Å². The Bertz CT molecular complexity index is 767. The Balaban J connectivity index is 1.56. The summed E-state index contributed by atoms with van der Waals surface area (Å²) in [6.07, 6.45) is 4.95. The van der Waals surface area contributed by atoms with Crippen molar-refractivity contribution in [2.75, 3.05) is 26.2 Å². The third kappa shape index (κ3) is 3.11. The zero-order chi connectivity index (χ0) is 17.6. The molecule has 25 heavy (non-hydrogen) atoms. The summed E-state index contributed by atoms with van der Waals surface area (Å²) in [5, 5.41) is 3.54. The van der Waals surface area contributed by atoms with E-state index in [2.05, 4.69) is 5.32 Å². The quantitative estimate of drug-likeness (QED) is 0.872. The molecule has 3 saturated heterocycles. The Kier molecular flexibility index (Phi) is 4.37. The van der Waals surface area contributed by atoms with Crippen LogP contribution in [-0.2, 0) is 10.0 Å². The minimum Gasteiger partial charge on any atom is -0.455 e. The standard InChI is InChI=1S/C17H25N3O4S/c1-12-16(25(22,23)20-7-2-3-8-20)10-15(24-12)17(21)19-9-6-13-4-5-14(11-19)18-13/h10,13-14,18H,2-9,11H2,1H3. The van der Waals surface area contributed by atoms with Crippen LogP contribution in [0.2, 0.25) is 0 Å². The first-order valence-corrected chi connectivity index (χ1v) is 10.5. The number of carbonyl (C=O) groups excluding carboxylic acids is 1. The van der Waals surface area contributed by atoms with Crippen LogP contribution >= 0.6 is 0 Å². The van der Waals surface area contributed by atoms with E-state index in [9.17, 15) is 13.2 Å². The Morgan fingerprint density at radius 1 is 1.16 bits per heavy atom. The van der Waals surface area contributed by atoms with E-state index in [1.54, 1.807) is 11.8 Å². The van der Waals surface area contributed by atoms with Crippen molar-refractivity contribution in [3.8, 4) is 0 Å². The van der Waals surface area contributed by atoms with Crippen molar-refractivity contribution in [3.63, 3.8) is 0 Å². The van der Waals surface area contributed by atoms with Gasteiger partial charge in [-0.05, 0) is 39.0 Å². The van der Waals surface area contributed by atoms with E-state index >= 15 is 0 Å². The molecule has 2 atom stereocenters. The monoisotopic (exact) mass is 367 g/mol. The maximum Gasteiger partial charge on any atom is 0.289 e. The fourth-order valence-electron chi connectivity index (χ4n) is 4.18. The second kappa shape index (κ2) is 6.41.